The molecule has 3 N–H and O–H groups in total. The Morgan fingerprint density at radius 1 is 1.24 bits per heavy atom. The third kappa shape index (κ3) is 4.90. The lowest BCUT2D eigenvalue weighted by molar-refractivity contribution is -0.119. The monoisotopic (exact) mass is 417 g/mol. The van der Waals surface area contributed by atoms with E-state index in [2.05, 4.69) is 27.0 Å². The van der Waals surface area contributed by atoms with E-state index in [1.54, 1.807) is 14.0 Å². The van der Waals surface area contributed by atoms with Crippen molar-refractivity contribution >= 4 is 23.7 Å². The van der Waals surface area contributed by atoms with Crippen molar-refractivity contribution in [3.05, 3.63) is 24.3 Å². The van der Waals surface area contributed by atoms with E-state index in [0.29, 0.717) is 11.1 Å². The fourth-order valence-electron chi connectivity index (χ4n) is 3.71. The molecule has 1 fully saturated rings. The largest absolute Gasteiger partial charge is 0.497 e. The van der Waals surface area contributed by atoms with Crippen molar-refractivity contribution in [2.24, 2.45) is 11.7 Å². The Hall–Kier alpha value is -2.55. The Balaban J connectivity index is 1.96. The van der Waals surface area contributed by atoms with Gasteiger partial charge in [-0.2, -0.15) is 0 Å². The number of hydrogen-bond donors (Lipinski definition) is 2. The van der Waals surface area contributed by atoms with E-state index < -0.39 is 17.2 Å². The Labute approximate surface area is 174 Å². The van der Waals surface area contributed by atoms with Crippen molar-refractivity contribution in [3.8, 4) is 17.1 Å². The van der Waals surface area contributed by atoms with Gasteiger partial charge in [-0.3, -0.25) is 14.7 Å². The van der Waals surface area contributed by atoms with Crippen LogP contribution >= 0.6 is 11.8 Å². The van der Waals surface area contributed by atoms with Gasteiger partial charge < -0.3 is 10.5 Å². The first-order chi connectivity index (χ1) is 13.9. The SMILES string of the molecule is COc1ccc(-c2nnc(SC(C)C(=O)NC(N)=O)n2C2CCCCC2C)cc1. The first-order valence-electron chi connectivity index (χ1n) is 9.77. The second-order valence-electron chi connectivity index (χ2n) is 7.35. The van der Waals surface area contributed by atoms with E-state index in [1.807, 2.05) is 24.3 Å². The van der Waals surface area contributed by atoms with Crippen LogP contribution in [0.1, 0.15) is 45.6 Å². The molecule has 0 radical (unpaired) electrons. The van der Waals surface area contributed by atoms with E-state index in [-0.39, 0.29) is 6.04 Å². The molecular weight excluding hydrogens is 390 g/mol. The van der Waals surface area contributed by atoms with Crippen LogP contribution < -0.4 is 15.8 Å². The van der Waals surface area contributed by atoms with Crippen LogP contribution in [0.25, 0.3) is 11.4 Å². The summed E-state index contributed by atoms with van der Waals surface area (Å²) >= 11 is 1.28. The maximum atomic E-state index is 12.2. The van der Waals surface area contributed by atoms with Crippen LogP contribution in [0, 0.1) is 5.92 Å². The molecule has 1 aliphatic rings. The summed E-state index contributed by atoms with van der Waals surface area (Å²) in [6.07, 6.45) is 4.55. The van der Waals surface area contributed by atoms with E-state index in [4.69, 9.17) is 10.5 Å². The summed E-state index contributed by atoms with van der Waals surface area (Å²) in [5.41, 5.74) is 6.01. The van der Waals surface area contributed by atoms with E-state index >= 15 is 0 Å². The average Bonchev–Trinajstić information content (AvgIpc) is 3.11. The van der Waals surface area contributed by atoms with Gasteiger partial charge in [0.2, 0.25) is 5.91 Å². The smallest absolute Gasteiger partial charge is 0.318 e. The number of hydrogen-bond acceptors (Lipinski definition) is 6. The lowest BCUT2D eigenvalue weighted by atomic mass is 9.85. The summed E-state index contributed by atoms with van der Waals surface area (Å²) in [5.74, 6) is 1.58. The highest BCUT2D eigenvalue weighted by molar-refractivity contribution is 8.00. The Bertz CT molecular complexity index is 868. The van der Waals surface area contributed by atoms with Gasteiger partial charge >= 0.3 is 6.03 Å². The number of urea groups is 1. The summed E-state index contributed by atoms with van der Waals surface area (Å²) in [7, 11) is 1.63. The predicted molar refractivity (Wildman–Crippen MR) is 112 cm³/mol. The zero-order valence-corrected chi connectivity index (χ0v) is 17.7. The molecule has 9 heteroatoms. The molecule has 156 valence electrons. The zero-order valence-electron chi connectivity index (χ0n) is 16.9. The van der Waals surface area contributed by atoms with Gasteiger partial charge in [0.05, 0.1) is 12.4 Å². The second kappa shape index (κ2) is 9.30. The van der Waals surface area contributed by atoms with Crippen LogP contribution in [-0.2, 0) is 4.79 Å². The highest BCUT2D eigenvalue weighted by Crippen LogP contribution is 2.39. The molecule has 1 aliphatic carbocycles. The van der Waals surface area contributed by atoms with Crippen molar-refractivity contribution in [2.75, 3.05) is 7.11 Å². The number of aromatic nitrogens is 3. The number of imide groups is 1. The highest BCUT2D eigenvalue weighted by atomic mass is 32.2. The summed E-state index contributed by atoms with van der Waals surface area (Å²) in [6, 6.07) is 7.12. The number of rotatable bonds is 6. The summed E-state index contributed by atoms with van der Waals surface area (Å²) in [6.45, 7) is 3.97. The second-order valence-corrected chi connectivity index (χ2v) is 8.66. The Morgan fingerprint density at radius 3 is 2.55 bits per heavy atom. The normalized spacial score (nSPS) is 20.1. The van der Waals surface area contributed by atoms with Gasteiger partial charge in [-0.1, -0.05) is 31.5 Å². The number of ether oxygens (including phenoxy) is 1. The molecule has 0 saturated heterocycles. The molecule has 3 rings (SSSR count). The van der Waals surface area contributed by atoms with Crippen LogP contribution in [0.15, 0.2) is 29.4 Å². The fraction of sp³-hybridized carbons (Fsp3) is 0.500. The standard InChI is InChI=1S/C20H27N5O3S/c1-12-6-4-5-7-16(12)25-17(14-8-10-15(28-3)11-9-14)23-24-20(25)29-13(2)18(26)22-19(21)27/h8-13,16H,4-7H2,1-3H3,(H3,21,22,26,27). The van der Waals surface area contributed by atoms with Crippen LogP contribution in [0.4, 0.5) is 4.79 Å². The molecule has 3 atom stereocenters. The lowest BCUT2D eigenvalue weighted by Gasteiger charge is -2.31. The molecule has 1 heterocycles. The summed E-state index contributed by atoms with van der Waals surface area (Å²) in [5, 5.41) is 11.1. The number of primary amides is 1. The minimum absolute atomic E-state index is 0.254. The number of benzene rings is 1. The lowest BCUT2D eigenvalue weighted by Crippen LogP contribution is -2.39. The molecule has 3 amide bonds. The third-order valence-electron chi connectivity index (χ3n) is 5.31. The molecule has 1 saturated carbocycles. The van der Waals surface area contributed by atoms with Gasteiger partial charge in [0.1, 0.15) is 5.75 Å². The van der Waals surface area contributed by atoms with Crippen LogP contribution in [0.3, 0.4) is 0 Å². The molecule has 29 heavy (non-hydrogen) atoms. The molecule has 8 nitrogen and oxygen atoms in total. The first-order valence-corrected chi connectivity index (χ1v) is 10.6. The van der Waals surface area contributed by atoms with Gasteiger partial charge in [0.25, 0.3) is 0 Å². The Morgan fingerprint density at radius 2 is 1.93 bits per heavy atom. The van der Waals surface area contributed by atoms with Crippen molar-refractivity contribution in [1.82, 2.24) is 20.1 Å². The minimum atomic E-state index is -0.858. The van der Waals surface area contributed by atoms with Gasteiger partial charge in [0.15, 0.2) is 11.0 Å². The van der Waals surface area contributed by atoms with E-state index in [1.165, 1.54) is 18.2 Å². The van der Waals surface area contributed by atoms with Crippen LogP contribution in [0.5, 0.6) is 5.75 Å². The number of thioether (sulfide) groups is 1. The fourth-order valence-corrected chi connectivity index (χ4v) is 4.61. The van der Waals surface area contributed by atoms with E-state index in [0.717, 1.165) is 36.4 Å². The van der Waals surface area contributed by atoms with Crippen molar-refractivity contribution in [2.45, 2.75) is 56.0 Å². The summed E-state index contributed by atoms with van der Waals surface area (Å²) in [4.78, 5) is 23.2. The topological polar surface area (TPSA) is 112 Å². The maximum Gasteiger partial charge on any atom is 0.318 e. The molecule has 1 aromatic heterocycles. The van der Waals surface area contributed by atoms with E-state index in [9.17, 15) is 9.59 Å². The minimum Gasteiger partial charge on any atom is -0.497 e. The molecule has 1 aromatic carbocycles. The quantitative estimate of drug-likeness (QED) is 0.697. The predicted octanol–water partition coefficient (Wildman–Crippen LogP) is 3.38. The van der Waals surface area contributed by atoms with Gasteiger partial charge in [0, 0.05) is 11.6 Å². The van der Waals surface area contributed by atoms with Crippen molar-refractivity contribution in [1.29, 1.82) is 0 Å². The Kier molecular flexibility index (Phi) is 6.79. The summed E-state index contributed by atoms with van der Waals surface area (Å²) < 4.78 is 7.41. The highest BCUT2D eigenvalue weighted by Gasteiger charge is 2.30. The van der Waals surface area contributed by atoms with Crippen molar-refractivity contribution in [3.63, 3.8) is 0 Å². The average molecular weight is 418 g/mol. The van der Waals surface area contributed by atoms with Crippen LogP contribution in [0.2, 0.25) is 0 Å². The number of methoxy groups -OCH3 is 1. The molecule has 3 unspecified atom stereocenters. The van der Waals surface area contributed by atoms with Crippen molar-refractivity contribution < 1.29 is 14.3 Å². The zero-order chi connectivity index (χ0) is 21.0. The molecule has 0 spiro atoms. The number of nitrogens with zero attached hydrogens (tertiary/aromatic N) is 3. The molecule has 2 aromatic rings. The molecular formula is C20H27N5O3S. The van der Waals surface area contributed by atoms with Gasteiger partial charge in [-0.05, 0) is 49.9 Å². The number of nitrogens with one attached hydrogen (secondary N) is 1. The number of nitrogens with two attached hydrogens (primary N) is 1. The van der Waals surface area contributed by atoms with Crippen LogP contribution in [-0.4, -0.2) is 39.1 Å². The van der Waals surface area contributed by atoms with Gasteiger partial charge in [-0.25, -0.2) is 4.79 Å². The number of carbonyl (C=O) groups excluding carboxylic acids is 2. The van der Waals surface area contributed by atoms with Gasteiger partial charge in [-0.15, -0.1) is 10.2 Å². The molecule has 0 bridgehead atoms. The number of carbonyl (C=O) groups is 2. The third-order valence-corrected chi connectivity index (χ3v) is 6.37. The molecule has 0 aliphatic heterocycles. The maximum absolute atomic E-state index is 12.2. The first kappa shape index (κ1) is 21.2. The number of amides is 3.